The molecule has 0 spiro atoms. The van der Waals surface area contributed by atoms with Gasteiger partial charge in [0.15, 0.2) is 0 Å². The van der Waals surface area contributed by atoms with Crippen LogP contribution in [-0.2, 0) is 6.42 Å². The Balaban J connectivity index is 2.68. The molecule has 0 saturated carbocycles. The molecule has 1 N–H and O–H groups in total. The van der Waals surface area contributed by atoms with Crippen LogP contribution >= 0.6 is 15.9 Å². The minimum atomic E-state index is -0.114. The second-order valence-electron chi connectivity index (χ2n) is 5.10. The highest BCUT2D eigenvalue weighted by Crippen LogP contribution is 2.18. The van der Waals surface area contributed by atoms with E-state index in [2.05, 4.69) is 42.0 Å². The van der Waals surface area contributed by atoms with Crippen LogP contribution in [0.5, 0.6) is 0 Å². The summed E-state index contributed by atoms with van der Waals surface area (Å²) in [7, 11) is 0. The number of unbranched alkanes of at least 4 members (excludes halogenated alkanes) is 1. The number of halogens is 2. The molecule has 1 unspecified atom stereocenters. The van der Waals surface area contributed by atoms with Gasteiger partial charge in [-0.05, 0) is 30.5 Å². The predicted octanol–water partition coefficient (Wildman–Crippen LogP) is 4.69. The van der Waals surface area contributed by atoms with Gasteiger partial charge in [-0.2, -0.15) is 0 Å². The van der Waals surface area contributed by atoms with Crippen LogP contribution < -0.4 is 5.32 Å². The predicted molar refractivity (Wildman–Crippen MR) is 79.4 cm³/mol. The maximum Gasteiger partial charge on any atom is 0.127 e. The van der Waals surface area contributed by atoms with Crippen molar-refractivity contribution in [1.29, 1.82) is 0 Å². The fourth-order valence-electron chi connectivity index (χ4n) is 2.12. The zero-order valence-corrected chi connectivity index (χ0v) is 13.1. The lowest BCUT2D eigenvalue weighted by molar-refractivity contribution is 0.419. The third-order valence-electron chi connectivity index (χ3n) is 2.96. The molecule has 0 amide bonds. The summed E-state index contributed by atoms with van der Waals surface area (Å²) in [5, 5.41) is 3.53. The first-order valence-electron chi connectivity index (χ1n) is 6.73. The van der Waals surface area contributed by atoms with Crippen LogP contribution in [0.25, 0.3) is 0 Å². The normalized spacial score (nSPS) is 13.0. The van der Waals surface area contributed by atoms with E-state index >= 15 is 0 Å². The van der Waals surface area contributed by atoms with Crippen molar-refractivity contribution in [3.63, 3.8) is 0 Å². The molecule has 0 aliphatic rings. The van der Waals surface area contributed by atoms with E-state index in [0.29, 0.717) is 12.1 Å². The maximum absolute atomic E-state index is 13.8. The fraction of sp³-hybridized carbons (Fsp3) is 0.600. The Hall–Kier alpha value is -0.410. The quantitative estimate of drug-likeness (QED) is 0.769. The molecule has 0 aliphatic heterocycles. The second kappa shape index (κ2) is 7.90. The zero-order valence-electron chi connectivity index (χ0n) is 11.5. The highest BCUT2D eigenvalue weighted by Gasteiger charge is 2.13. The lowest BCUT2D eigenvalue weighted by Crippen LogP contribution is -2.36. The van der Waals surface area contributed by atoms with Crippen molar-refractivity contribution in [1.82, 2.24) is 5.32 Å². The molecule has 102 valence electrons. The molecular formula is C15H23BrFN. The molecule has 0 radical (unpaired) electrons. The van der Waals surface area contributed by atoms with Gasteiger partial charge in [0, 0.05) is 16.6 Å². The molecule has 1 aromatic rings. The molecule has 1 atom stereocenters. The highest BCUT2D eigenvalue weighted by molar-refractivity contribution is 9.10. The Morgan fingerprint density at radius 2 is 2.06 bits per heavy atom. The molecule has 3 heteroatoms. The summed E-state index contributed by atoms with van der Waals surface area (Å²) < 4.78 is 14.6. The minimum absolute atomic E-state index is 0.114. The van der Waals surface area contributed by atoms with Crippen LogP contribution in [0.2, 0.25) is 0 Å². The van der Waals surface area contributed by atoms with Gasteiger partial charge < -0.3 is 5.32 Å². The number of hydrogen-bond donors (Lipinski definition) is 1. The van der Waals surface area contributed by atoms with Crippen LogP contribution in [0.1, 0.15) is 45.6 Å². The number of hydrogen-bond acceptors (Lipinski definition) is 1. The van der Waals surface area contributed by atoms with E-state index in [-0.39, 0.29) is 5.82 Å². The SMILES string of the molecule is CCCCC(Cc1ccc(Br)cc1F)NC(C)C. The Kier molecular flexibility index (Phi) is 6.87. The molecule has 18 heavy (non-hydrogen) atoms. The molecular weight excluding hydrogens is 293 g/mol. The first-order valence-corrected chi connectivity index (χ1v) is 7.52. The van der Waals surface area contributed by atoms with Gasteiger partial charge in [-0.25, -0.2) is 4.39 Å². The highest BCUT2D eigenvalue weighted by atomic mass is 79.9. The number of nitrogens with one attached hydrogen (secondary N) is 1. The summed E-state index contributed by atoms with van der Waals surface area (Å²) in [6.45, 7) is 6.46. The smallest absolute Gasteiger partial charge is 0.127 e. The van der Waals surface area contributed by atoms with E-state index in [1.54, 1.807) is 6.07 Å². The van der Waals surface area contributed by atoms with Crippen LogP contribution in [0, 0.1) is 5.82 Å². The maximum atomic E-state index is 13.8. The molecule has 0 heterocycles. The first-order chi connectivity index (χ1) is 8.52. The van der Waals surface area contributed by atoms with Crippen molar-refractivity contribution in [2.24, 2.45) is 0 Å². The average molecular weight is 316 g/mol. The molecule has 0 fully saturated rings. The van der Waals surface area contributed by atoms with Crippen molar-refractivity contribution >= 4 is 15.9 Å². The average Bonchev–Trinajstić information content (AvgIpc) is 2.29. The topological polar surface area (TPSA) is 12.0 Å². The van der Waals surface area contributed by atoms with Gasteiger partial charge in [0.25, 0.3) is 0 Å². The Morgan fingerprint density at radius 1 is 1.33 bits per heavy atom. The van der Waals surface area contributed by atoms with Crippen LogP contribution in [0.4, 0.5) is 4.39 Å². The van der Waals surface area contributed by atoms with Crippen molar-refractivity contribution in [2.45, 2.75) is 58.5 Å². The van der Waals surface area contributed by atoms with Crippen molar-refractivity contribution in [3.8, 4) is 0 Å². The van der Waals surface area contributed by atoms with Gasteiger partial charge in [0.2, 0.25) is 0 Å². The Labute approximate surface area is 118 Å². The molecule has 0 bridgehead atoms. The monoisotopic (exact) mass is 315 g/mol. The minimum Gasteiger partial charge on any atom is -0.311 e. The van der Waals surface area contributed by atoms with Crippen molar-refractivity contribution in [2.75, 3.05) is 0 Å². The van der Waals surface area contributed by atoms with Gasteiger partial charge in [-0.1, -0.05) is 55.6 Å². The third kappa shape index (κ3) is 5.49. The summed E-state index contributed by atoms with van der Waals surface area (Å²) in [6, 6.07) is 6.12. The lowest BCUT2D eigenvalue weighted by Gasteiger charge is -2.21. The molecule has 0 saturated heterocycles. The summed E-state index contributed by atoms with van der Waals surface area (Å²) in [5.41, 5.74) is 0.799. The molecule has 1 nitrogen and oxygen atoms in total. The molecule has 0 aliphatic carbocycles. The third-order valence-corrected chi connectivity index (χ3v) is 3.45. The fourth-order valence-corrected chi connectivity index (χ4v) is 2.45. The van der Waals surface area contributed by atoms with E-state index in [1.165, 1.54) is 12.8 Å². The van der Waals surface area contributed by atoms with Gasteiger partial charge in [-0.15, -0.1) is 0 Å². The summed E-state index contributed by atoms with van der Waals surface area (Å²) in [6.07, 6.45) is 4.23. The van der Waals surface area contributed by atoms with Crippen LogP contribution in [0.3, 0.4) is 0 Å². The van der Waals surface area contributed by atoms with E-state index in [0.717, 1.165) is 22.9 Å². The largest absolute Gasteiger partial charge is 0.311 e. The van der Waals surface area contributed by atoms with Gasteiger partial charge >= 0.3 is 0 Å². The number of benzene rings is 1. The van der Waals surface area contributed by atoms with Crippen molar-refractivity contribution in [3.05, 3.63) is 34.1 Å². The summed E-state index contributed by atoms with van der Waals surface area (Å²) >= 11 is 3.29. The van der Waals surface area contributed by atoms with E-state index < -0.39 is 0 Å². The lowest BCUT2D eigenvalue weighted by atomic mass is 10.00. The zero-order chi connectivity index (χ0) is 13.5. The van der Waals surface area contributed by atoms with Gasteiger partial charge in [0.1, 0.15) is 5.82 Å². The molecule has 1 aromatic carbocycles. The molecule has 1 rings (SSSR count). The van der Waals surface area contributed by atoms with E-state index in [9.17, 15) is 4.39 Å². The number of rotatable bonds is 7. The first kappa shape index (κ1) is 15.6. The van der Waals surface area contributed by atoms with Gasteiger partial charge in [0.05, 0.1) is 0 Å². The summed E-state index contributed by atoms with van der Waals surface area (Å²) in [5.74, 6) is -0.114. The summed E-state index contributed by atoms with van der Waals surface area (Å²) in [4.78, 5) is 0. The van der Waals surface area contributed by atoms with Crippen LogP contribution in [-0.4, -0.2) is 12.1 Å². The second-order valence-corrected chi connectivity index (χ2v) is 6.02. The Morgan fingerprint density at radius 3 is 2.61 bits per heavy atom. The standard InChI is InChI=1S/C15H23BrFN/c1-4-5-6-14(18-11(2)3)9-12-7-8-13(16)10-15(12)17/h7-8,10-11,14,18H,4-6,9H2,1-3H3. The van der Waals surface area contributed by atoms with Gasteiger partial charge in [-0.3, -0.25) is 0 Å². The van der Waals surface area contributed by atoms with Crippen LogP contribution in [0.15, 0.2) is 22.7 Å². The van der Waals surface area contributed by atoms with Crippen molar-refractivity contribution < 1.29 is 4.39 Å². The van der Waals surface area contributed by atoms with E-state index in [1.807, 2.05) is 12.1 Å². The van der Waals surface area contributed by atoms with E-state index in [4.69, 9.17) is 0 Å². The molecule has 0 aromatic heterocycles. The Bertz CT molecular complexity index is 366.